The van der Waals surface area contributed by atoms with Gasteiger partial charge in [-0.1, -0.05) is 60.7 Å². The fourth-order valence-electron chi connectivity index (χ4n) is 5.12. The molecule has 1 saturated heterocycles. The Morgan fingerprint density at radius 3 is 2.26 bits per heavy atom. The third-order valence-corrected chi connectivity index (χ3v) is 8.08. The first-order valence-electron chi connectivity index (χ1n) is 12.4. The van der Waals surface area contributed by atoms with Crippen LogP contribution in [-0.2, 0) is 9.36 Å². The lowest BCUT2D eigenvalue weighted by Gasteiger charge is -2.48. The molecule has 0 bridgehead atoms. The van der Waals surface area contributed by atoms with Crippen molar-refractivity contribution in [2.45, 2.75) is 25.0 Å². The average molecular weight is 548 g/mol. The minimum absolute atomic E-state index is 0.0713. The molecule has 0 aromatic heterocycles. The number of phenols is 1. The van der Waals surface area contributed by atoms with E-state index in [-0.39, 0.29) is 17.0 Å². The summed E-state index contributed by atoms with van der Waals surface area (Å²) in [6.07, 6.45) is -0.00323. The van der Waals surface area contributed by atoms with Gasteiger partial charge in [-0.15, -0.1) is 0 Å². The van der Waals surface area contributed by atoms with Gasteiger partial charge < -0.3 is 24.9 Å². The summed E-state index contributed by atoms with van der Waals surface area (Å²) in [6, 6.07) is 25.1. The molecule has 0 aliphatic carbocycles. The lowest BCUT2D eigenvalue weighted by Crippen LogP contribution is -2.55. The van der Waals surface area contributed by atoms with Crippen LogP contribution < -0.4 is 10.2 Å². The number of aliphatic hydroxyl groups is 1. The quantitative estimate of drug-likeness (QED) is 0.178. The summed E-state index contributed by atoms with van der Waals surface area (Å²) in [5.74, 6) is -1.22. The van der Waals surface area contributed by atoms with Crippen molar-refractivity contribution in [3.05, 3.63) is 114 Å². The van der Waals surface area contributed by atoms with Gasteiger partial charge in [-0.05, 0) is 65.9 Å². The second kappa shape index (κ2) is 10.8. The highest BCUT2D eigenvalue weighted by Crippen LogP contribution is 2.48. The third kappa shape index (κ3) is 5.51. The number of nitrogens with zero attached hydrogens (tertiary/aromatic N) is 1. The predicted octanol–water partition coefficient (Wildman–Crippen LogP) is 5.22. The highest BCUT2D eigenvalue weighted by molar-refractivity contribution is 7.60. The van der Waals surface area contributed by atoms with Crippen LogP contribution in [0, 0.1) is 11.7 Å². The number of anilines is 1. The van der Waals surface area contributed by atoms with Gasteiger partial charge in [0.25, 0.3) is 0 Å². The van der Waals surface area contributed by atoms with Crippen molar-refractivity contribution in [1.29, 1.82) is 0 Å². The van der Waals surface area contributed by atoms with Crippen molar-refractivity contribution in [3.8, 4) is 16.9 Å². The minimum Gasteiger partial charge on any atom is -0.507 e. The molecule has 1 heterocycles. The average Bonchev–Trinajstić information content (AvgIpc) is 2.91. The smallest absolute Gasteiger partial charge is 0.356 e. The number of hydrogen-bond acceptors (Lipinski definition) is 4. The van der Waals surface area contributed by atoms with Crippen LogP contribution in [0.2, 0.25) is 0 Å². The topological polar surface area (TPSA) is 118 Å². The molecule has 0 saturated carbocycles. The van der Waals surface area contributed by atoms with Crippen LogP contribution in [0.5, 0.6) is 5.75 Å². The number of halogens is 1. The lowest BCUT2D eigenvalue weighted by molar-refractivity contribution is -0.131. The van der Waals surface area contributed by atoms with Crippen molar-refractivity contribution >= 4 is 24.5 Å². The second-order valence-electron chi connectivity index (χ2n) is 9.61. The Hall–Kier alpha value is -3.81. The monoisotopic (exact) mass is 547 g/mol. The molecule has 0 radical (unpaired) electrons. The zero-order valence-corrected chi connectivity index (χ0v) is 21.7. The van der Waals surface area contributed by atoms with Crippen molar-refractivity contribution in [2.75, 3.05) is 4.90 Å². The van der Waals surface area contributed by atoms with Crippen molar-refractivity contribution < 1.29 is 33.7 Å². The molecule has 4 N–H and O–H groups in total. The first-order valence-corrected chi connectivity index (χ1v) is 14.1. The first-order chi connectivity index (χ1) is 18.6. The number of aromatic hydroxyl groups is 1. The van der Waals surface area contributed by atoms with Crippen LogP contribution in [0.3, 0.4) is 0 Å². The summed E-state index contributed by atoms with van der Waals surface area (Å²) in [5, 5.41) is 21.4. The van der Waals surface area contributed by atoms with Gasteiger partial charge in [0.05, 0.1) is 23.4 Å². The normalized spacial score (nSPS) is 18.1. The fourth-order valence-corrected chi connectivity index (χ4v) is 5.65. The first kappa shape index (κ1) is 26.8. The fraction of sp³-hybridized carbons (Fsp3) is 0.167. The molecule has 3 atom stereocenters. The van der Waals surface area contributed by atoms with Crippen LogP contribution in [0.25, 0.3) is 11.1 Å². The van der Waals surface area contributed by atoms with Gasteiger partial charge in [-0.2, -0.15) is 0 Å². The molecule has 1 aliphatic rings. The van der Waals surface area contributed by atoms with Gasteiger partial charge in [0.2, 0.25) is 5.91 Å². The summed E-state index contributed by atoms with van der Waals surface area (Å²) >= 11 is 0. The molecule has 200 valence electrons. The van der Waals surface area contributed by atoms with Crippen LogP contribution >= 0.6 is 7.60 Å². The van der Waals surface area contributed by atoms with Gasteiger partial charge in [0, 0.05) is 11.3 Å². The highest BCUT2D eigenvalue weighted by atomic mass is 31.2. The summed E-state index contributed by atoms with van der Waals surface area (Å²) in [4.78, 5) is 33.5. The van der Waals surface area contributed by atoms with E-state index in [9.17, 15) is 33.7 Å². The zero-order chi connectivity index (χ0) is 27.7. The van der Waals surface area contributed by atoms with Crippen LogP contribution in [-0.4, -0.2) is 25.9 Å². The Bertz CT molecular complexity index is 1540. The van der Waals surface area contributed by atoms with Gasteiger partial charge in [0.15, 0.2) is 0 Å². The summed E-state index contributed by atoms with van der Waals surface area (Å²) in [6.45, 7) is 0. The second-order valence-corrected chi connectivity index (χ2v) is 11.2. The number of aliphatic hydroxyl groups excluding tert-OH is 1. The molecule has 0 spiro atoms. The number of hydrogen-bond donors (Lipinski definition) is 4. The molecule has 7 nitrogen and oxygen atoms in total. The van der Waals surface area contributed by atoms with Crippen LogP contribution in [0.4, 0.5) is 10.1 Å². The largest absolute Gasteiger partial charge is 0.507 e. The summed E-state index contributed by atoms with van der Waals surface area (Å²) in [5.41, 5.74) is 2.82. The number of phenolic OH excluding ortho intramolecular Hbond substituents is 1. The Labute approximate surface area is 225 Å². The van der Waals surface area contributed by atoms with Gasteiger partial charge in [-0.3, -0.25) is 9.36 Å². The van der Waals surface area contributed by atoms with E-state index >= 15 is 0 Å². The third-order valence-electron chi connectivity index (χ3n) is 7.11. The zero-order valence-electron chi connectivity index (χ0n) is 20.8. The minimum atomic E-state index is -4.39. The number of carbonyl (C=O) groups is 1. The van der Waals surface area contributed by atoms with E-state index in [1.54, 1.807) is 24.3 Å². The Morgan fingerprint density at radius 1 is 0.897 bits per heavy atom. The maximum Gasteiger partial charge on any atom is 0.356 e. The summed E-state index contributed by atoms with van der Waals surface area (Å²) < 4.78 is 25.5. The SMILES string of the molecule is O=C1[C@H](CC[C@H](O)c2ccccc2)[C@@H](c2ccc(-c3ccc(P(=O)(O)O)cc3)c(O)c2)N1c1cccc(F)c1. The van der Waals surface area contributed by atoms with Crippen LogP contribution in [0.15, 0.2) is 97.1 Å². The number of amides is 1. The molecule has 1 fully saturated rings. The molecule has 39 heavy (non-hydrogen) atoms. The molecule has 9 heteroatoms. The Balaban J connectivity index is 1.44. The maximum atomic E-state index is 14.0. The van der Waals surface area contributed by atoms with E-state index in [2.05, 4.69) is 0 Å². The Morgan fingerprint density at radius 2 is 1.62 bits per heavy atom. The van der Waals surface area contributed by atoms with Gasteiger partial charge in [-0.25, -0.2) is 4.39 Å². The van der Waals surface area contributed by atoms with E-state index in [0.29, 0.717) is 35.2 Å². The van der Waals surface area contributed by atoms with E-state index < -0.39 is 31.5 Å². The summed E-state index contributed by atoms with van der Waals surface area (Å²) in [7, 11) is -4.39. The van der Waals surface area contributed by atoms with Crippen molar-refractivity contribution in [3.63, 3.8) is 0 Å². The molecule has 4 aromatic rings. The number of rotatable bonds is 8. The number of β-lactam (4-membered cyclic amide) rings is 1. The lowest BCUT2D eigenvalue weighted by atomic mass is 9.78. The highest BCUT2D eigenvalue weighted by Gasteiger charge is 2.48. The standard InChI is InChI=1S/C30H27FNO6P/c31-22-7-4-8-23(18-22)32-29(26(30(32)35)15-16-27(33)20-5-2-1-3-6-20)21-11-14-25(28(34)17-21)19-9-12-24(13-10-19)39(36,37)38/h1-14,17-18,26-27,29,33-34H,15-16H2,(H2,36,37,38)/t26-,27+,29-/m1/s1. The van der Waals surface area contributed by atoms with E-state index in [0.717, 1.165) is 5.56 Å². The van der Waals surface area contributed by atoms with Gasteiger partial charge in [0.1, 0.15) is 11.6 Å². The molecule has 1 aliphatic heterocycles. The molecular formula is C30H27FNO6P. The molecule has 4 aromatic carbocycles. The predicted molar refractivity (Wildman–Crippen MR) is 146 cm³/mol. The van der Waals surface area contributed by atoms with Crippen molar-refractivity contribution in [1.82, 2.24) is 0 Å². The molecule has 1 amide bonds. The molecule has 0 unspecified atom stereocenters. The Kier molecular flexibility index (Phi) is 7.38. The molecular weight excluding hydrogens is 520 g/mol. The molecule has 5 rings (SSSR count). The maximum absolute atomic E-state index is 14.0. The van der Waals surface area contributed by atoms with Crippen LogP contribution in [0.1, 0.15) is 36.1 Å². The van der Waals surface area contributed by atoms with E-state index in [4.69, 9.17) is 0 Å². The number of benzene rings is 4. The van der Waals surface area contributed by atoms with E-state index in [1.165, 1.54) is 47.4 Å². The van der Waals surface area contributed by atoms with Crippen molar-refractivity contribution in [2.24, 2.45) is 5.92 Å². The van der Waals surface area contributed by atoms with E-state index in [1.807, 2.05) is 30.3 Å². The number of carbonyl (C=O) groups excluding carboxylic acids is 1. The van der Waals surface area contributed by atoms with Gasteiger partial charge >= 0.3 is 7.60 Å².